The molecule has 0 saturated heterocycles. The molecule has 0 aromatic rings. The van der Waals surface area contributed by atoms with Gasteiger partial charge in [0.15, 0.2) is 0 Å². The number of unbranched alkanes of at least 4 members (excludes halogenated alkanes) is 12. The van der Waals surface area contributed by atoms with E-state index < -0.39 is 0 Å². The van der Waals surface area contributed by atoms with Gasteiger partial charge in [-0.1, -0.05) is 97.8 Å². The van der Waals surface area contributed by atoms with Crippen LogP contribution in [-0.2, 0) is 4.79 Å². The van der Waals surface area contributed by atoms with Gasteiger partial charge in [0.1, 0.15) is 0 Å². The van der Waals surface area contributed by atoms with Crippen LogP contribution in [0.25, 0.3) is 0 Å². The van der Waals surface area contributed by atoms with Crippen molar-refractivity contribution in [1.29, 1.82) is 0 Å². The first-order chi connectivity index (χ1) is 11.8. The van der Waals surface area contributed by atoms with Gasteiger partial charge < -0.3 is 4.90 Å². The van der Waals surface area contributed by atoms with Crippen molar-refractivity contribution in [3.05, 3.63) is 0 Å². The summed E-state index contributed by atoms with van der Waals surface area (Å²) >= 11 is 0. The highest BCUT2D eigenvalue weighted by Crippen LogP contribution is 2.11. The van der Waals surface area contributed by atoms with Gasteiger partial charge in [-0.05, 0) is 19.3 Å². The minimum absolute atomic E-state index is 0.414. The smallest absolute Gasteiger partial charge is 0.222 e. The fraction of sp³-hybridized carbons (Fsp3) is 0.955. The van der Waals surface area contributed by atoms with E-state index in [1.807, 2.05) is 0 Å². The molecule has 0 spiro atoms. The molecule has 0 aromatic carbocycles. The number of hydrogen-bond acceptors (Lipinski definition) is 1. The molecule has 0 heterocycles. The summed E-state index contributed by atoms with van der Waals surface area (Å²) < 4.78 is 0. The number of amides is 1. The summed E-state index contributed by atoms with van der Waals surface area (Å²) in [6, 6.07) is 0. The molecule has 2 heteroatoms. The van der Waals surface area contributed by atoms with Gasteiger partial charge in [-0.25, -0.2) is 0 Å². The fourth-order valence-electron chi connectivity index (χ4n) is 3.21. The molecule has 0 N–H and O–H groups in total. The Balaban J connectivity index is 4.00. The van der Waals surface area contributed by atoms with E-state index in [2.05, 4.69) is 25.7 Å². The van der Waals surface area contributed by atoms with Crippen LogP contribution in [0.3, 0.4) is 0 Å². The van der Waals surface area contributed by atoms with E-state index in [1.54, 1.807) is 0 Å². The Morgan fingerprint density at radius 2 is 0.917 bits per heavy atom. The second kappa shape index (κ2) is 18.8. The van der Waals surface area contributed by atoms with Gasteiger partial charge in [-0.15, -0.1) is 0 Å². The Morgan fingerprint density at radius 1 is 0.542 bits per heavy atom. The van der Waals surface area contributed by atoms with Gasteiger partial charge in [0.05, 0.1) is 0 Å². The van der Waals surface area contributed by atoms with E-state index in [9.17, 15) is 4.79 Å². The zero-order chi connectivity index (χ0) is 17.9. The Morgan fingerprint density at radius 3 is 1.33 bits per heavy atom. The molecule has 0 saturated carbocycles. The quantitative estimate of drug-likeness (QED) is 0.243. The summed E-state index contributed by atoms with van der Waals surface area (Å²) in [5.41, 5.74) is 0. The van der Waals surface area contributed by atoms with Crippen molar-refractivity contribution in [2.45, 2.75) is 124 Å². The summed E-state index contributed by atoms with van der Waals surface area (Å²) in [7, 11) is 0. The molecular weight excluding hydrogens is 294 g/mol. The van der Waals surface area contributed by atoms with Crippen LogP contribution in [0.1, 0.15) is 124 Å². The Hall–Kier alpha value is -0.530. The molecule has 2 nitrogen and oxygen atoms in total. The van der Waals surface area contributed by atoms with Crippen LogP contribution in [-0.4, -0.2) is 23.9 Å². The molecule has 0 atom stereocenters. The molecule has 0 aromatic heterocycles. The molecule has 0 fully saturated rings. The highest BCUT2D eigenvalue weighted by molar-refractivity contribution is 5.76. The standard InChI is InChI=1S/C22H45NO/c1-4-7-10-13-16-19-22(24)23(20-17-14-11-8-5-2)21-18-15-12-9-6-3/h4-21H2,1-3H3. The molecular formula is C22H45NO. The lowest BCUT2D eigenvalue weighted by molar-refractivity contribution is -0.131. The minimum Gasteiger partial charge on any atom is -0.343 e. The lowest BCUT2D eigenvalue weighted by Crippen LogP contribution is -2.32. The number of carbonyl (C=O) groups is 1. The summed E-state index contributed by atoms with van der Waals surface area (Å²) in [4.78, 5) is 14.7. The zero-order valence-corrected chi connectivity index (χ0v) is 17.1. The van der Waals surface area contributed by atoms with Gasteiger partial charge in [-0.2, -0.15) is 0 Å². The molecule has 1 amide bonds. The van der Waals surface area contributed by atoms with Crippen molar-refractivity contribution < 1.29 is 4.79 Å². The first kappa shape index (κ1) is 23.5. The number of carbonyl (C=O) groups excluding carboxylic acids is 1. The molecule has 0 bridgehead atoms. The van der Waals surface area contributed by atoms with Crippen molar-refractivity contribution in [2.24, 2.45) is 0 Å². The second-order valence-corrected chi connectivity index (χ2v) is 7.37. The third-order valence-corrected chi connectivity index (χ3v) is 4.91. The van der Waals surface area contributed by atoms with Crippen LogP contribution in [0, 0.1) is 0 Å². The average molecular weight is 340 g/mol. The fourth-order valence-corrected chi connectivity index (χ4v) is 3.21. The average Bonchev–Trinajstić information content (AvgIpc) is 2.59. The van der Waals surface area contributed by atoms with Crippen molar-refractivity contribution in [3.63, 3.8) is 0 Å². The van der Waals surface area contributed by atoms with E-state index in [1.165, 1.54) is 89.9 Å². The van der Waals surface area contributed by atoms with Crippen molar-refractivity contribution in [2.75, 3.05) is 13.1 Å². The maximum atomic E-state index is 12.5. The van der Waals surface area contributed by atoms with Gasteiger partial charge in [0, 0.05) is 19.5 Å². The molecule has 0 unspecified atom stereocenters. The number of nitrogens with zero attached hydrogens (tertiary/aromatic N) is 1. The van der Waals surface area contributed by atoms with Crippen molar-refractivity contribution >= 4 is 5.91 Å². The van der Waals surface area contributed by atoms with Crippen LogP contribution in [0.15, 0.2) is 0 Å². The molecule has 0 radical (unpaired) electrons. The molecule has 0 aliphatic heterocycles. The first-order valence-corrected chi connectivity index (χ1v) is 11.0. The van der Waals surface area contributed by atoms with Gasteiger partial charge in [0.25, 0.3) is 0 Å². The Labute approximate surface area is 152 Å². The second-order valence-electron chi connectivity index (χ2n) is 7.37. The Bertz CT molecular complexity index is 251. The van der Waals surface area contributed by atoms with E-state index in [4.69, 9.17) is 0 Å². The largest absolute Gasteiger partial charge is 0.343 e. The van der Waals surface area contributed by atoms with Gasteiger partial charge in [0.2, 0.25) is 5.91 Å². The van der Waals surface area contributed by atoms with Crippen LogP contribution in [0.5, 0.6) is 0 Å². The van der Waals surface area contributed by atoms with Crippen molar-refractivity contribution in [3.8, 4) is 0 Å². The number of hydrogen-bond donors (Lipinski definition) is 0. The van der Waals surface area contributed by atoms with E-state index in [0.717, 1.165) is 25.9 Å². The SMILES string of the molecule is CCCCCCCC(=O)N(CCCCCCC)CCCCCCC. The zero-order valence-electron chi connectivity index (χ0n) is 17.1. The lowest BCUT2D eigenvalue weighted by Gasteiger charge is -2.23. The first-order valence-electron chi connectivity index (χ1n) is 11.0. The Kier molecular flexibility index (Phi) is 18.4. The molecule has 144 valence electrons. The maximum Gasteiger partial charge on any atom is 0.222 e. The topological polar surface area (TPSA) is 20.3 Å². The summed E-state index contributed by atoms with van der Waals surface area (Å²) in [5, 5.41) is 0. The molecule has 0 rings (SSSR count). The third kappa shape index (κ3) is 15.0. The van der Waals surface area contributed by atoms with Gasteiger partial charge in [-0.3, -0.25) is 4.79 Å². The summed E-state index contributed by atoms with van der Waals surface area (Å²) in [6.07, 6.45) is 19.8. The molecule has 0 aliphatic rings. The summed E-state index contributed by atoms with van der Waals surface area (Å²) in [6.45, 7) is 8.73. The predicted octanol–water partition coefficient (Wildman–Crippen LogP) is 7.12. The highest BCUT2D eigenvalue weighted by atomic mass is 16.2. The molecule has 24 heavy (non-hydrogen) atoms. The third-order valence-electron chi connectivity index (χ3n) is 4.91. The van der Waals surface area contributed by atoms with Crippen LogP contribution < -0.4 is 0 Å². The van der Waals surface area contributed by atoms with Gasteiger partial charge >= 0.3 is 0 Å². The maximum absolute atomic E-state index is 12.5. The predicted molar refractivity (Wildman–Crippen MR) is 107 cm³/mol. The lowest BCUT2D eigenvalue weighted by atomic mass is 10.1. The normalized spacial score (nSPS) is 11.0. The van der Waals surface area contributed by atoms with E-state index in [0.29, 0.717) is 5.91 Å². The highest BCUT2D eigenvalue weighted by Gasteiger charge is 2.12. The number of rotatable bonds is 18. The monoisotopic (exact) mass is 339 g/mol. The minimum atomic E-state index is 0.414. The van der Waals surface area contributed by atoms with Crippen LogP contribution in [0.4, 0.5) is 0 Å². The van der Waals surface area contributed by atoms with Crippen LogP contribution >= 0.6 is 0 Å². The van der Waals surface area contributed by atoms with Crippen molar-refractivity contribution in [1.82, 2.24) is 4.90 Å². The summed E-state index contributed by atoms with van der Waals surface area (Å²) in [5.74, 6) is 0.414. The van der Waals surface area contributed by atoms with Crippen LogP contribution in [0.2, 0.25) is 0 Å². The van der Waals surface area contributed by atoms with E-state index in [-0.39, 0.29) is 0 Å². The molecule has 0 aliphatic carbocycles. The van der Waals surface area contributed by atoms with E-state index >= 15 is 0 Å².